The van der Waals surface area contributed by atoms with Crippen LogP contribution in [0.25, 0.3) is 0 Å². The highest BCUT2D eigenvalue weighted by atomic mass is 16.6. The Hall–Kier alpha value is -0.680. The molecule has 1 saturated heterocycles. The van der Waals surface area contributed by atoms with Gasteiger partial charge in [0, 0.05) is 17.4 Å². The summed E-state index contributed by atoms with van der Waals surface area (Å²) in [6.07, 6.45) is 11.1. The molecular formula is C13H25N3O2. The van der Waals surface area contributed by atoms with Crippen molar-refractivity contribution in [1.29, 1.82) is 0 Å². The maximum absolute atomic E-state index is 10.7. The molecule has 0 radical (unpaired) electrons. The first kappa shape index (κ1) is 13.7. The highest BCUT2D eigenvalue weighted by molar-refractivity contribution is 4.80. The first-order valence-corrected chi connectivity index (χ1v) is 7.38. The van der Waals surface area contributed by atoms with Gasteiger partial charge in [0.25, 0.3) is 0 Å². The van der Waals surface area contributed by atoms with Crippen molar-refractivity contribution in [2.24, 2.45) is 0 Å². The average Bonchev–Trinajstić information content (AvgIpc) is 2.33. The molecule has 2 rings (SSSR count). The molecule has 0 bridgehead atoms. The topological polar surface area (TPSA) is 67.2 Å². The Balaban J connectivity index is 1.71. The van der Waals surface area contributed by atoms with Crippen molar-refractivity contribution < 1.29 is 4.92 Å². The van der Waals surface area contributed by atoms with Gasteiger partial charge in [-0.2, -0.15) is 0 Å². The second-order valence-corrected chi connectivity index (χ2v) is 5.69. The van der Waals surface area contributed by atoms with E-state index in [1.807, 2.05) is 0 Å². The molecule has 1 heterocycles. The smallest absolute Gasteiger partial charge is 0.225 e. The molecule has 2 N–H and O–H groups in total. The van der Waals surface area contributed by atoms with Crippen LogP contribution in [0.5, 0.6) is 0 Å². The number of piperidine rings is 1. The van der Waals surface area contributed by atoms with Crippen LogP contribution in [-0.2, 0) is 0 Å². The van der Waals surface area contributed by atoms with Crippen molar-refractivity contribution in [3.8, 4) is 0 Å². The van der Waals surface area contributed by atoms with E-state index in [4.69, 9.17) is 0 Å². The van der Waals surface area contributed by atoms with Gasteiger partial charge in [-0.3, -0.25) is 20.7 Å². The SMILES string of the molecule is O=[N+]([O-])C1CCC(NC2CCCCCCC2)NC1. The summed E-state index contributed by atoms with van der Waals surface area (Å²) in [7, 11) is 0. The molecule has 2 aliphatic rings. The van der Waals surface area contributed by atoms with E-state index in [0.29, 0.717) is 19.0 Å². The molecule has 2 unspecified atom stereocenters. The van der Waals surface area contributed by atoms with Gasteiger partial charge in [0.05, 0.1) is 12.7 Å². The van der Waals surface area contributed by atoms with Gasteiger partial charge in [-0.1, -0.05) is 32.1 Å². The summed E-state index contributed by atoms with van der Waals surface area (Å²) < 4.78 is 0. The van der Waals surface area contributed by atoms with Crippen LogP contribution in [0.1, 0.15) is 57.8 Å². The first-order valence-electron chi connectivity index (χ1n) is 7.38. The predicted octanol–water partition coefficient (Wildman–Crippen LogP) is 2.04. The van der Waals surface area contributed by atoms with Gasteiger partial charge in [-0.25, -0.2) is 0 Å². The summed E-state index contributed by atoms with van der Waals surface area (Å²) in [6.45, 7) is 0.511. The van der Waals surface area contributed by atoms with Crippen LogP contribution in [0.15, 0.2) is 0 Å². The Morgan fingerprint density at radius 3 is 2.22 bits per heavy atom. The summed E-state index contributed by atoms with van der Waals surface area (Å²) in [5.41, 5.74) is 0. The van der Waals surface area contributed by atoms with Crippen LogP contribution in [0.4, 0.5) is 0 Å². The van der Waals surface area contributed by atoms with Gasteiger partial charge in [-0.05, 0) is 19.3 Å². The maximum atomic E-state index is 10.7. The summed E-state index contributed by atoms with van der Waals surface area (Å²) in [6, 6.07) is 0.218. The molecule has 5 heteroatoms. The van der Waals surface area contributed by atoms with Crippen molar-refractivity contribution >= 4 is 0 Å². The van der Waals surface area contributed by atoms with Crippen molar-refractivity contribution in [2.45, 2.75) is 76.0 Å². The highest BCUT2D eigenvalue weighted by Gasteiger charge is 2.28. The molecule has 1 aliphatic carbocycles. The Morgan fingerprint density at radius 1 is 1.00 bits per heavy atom. The molecule has 104 valence electrons. The molecule has 0 amide bonds. The van der Waals surface area contributed by atoms with Crippen molar-refractivity contribution in [3.05, 3.63) is 10.1 Å². The van der Waals surface area contributed by atoms with Gasteiger partial charge in [0.1, 0.15) is 0 Å². The average molecular weight is 255 g/mol. The predicted molar refractivity (Wildman–Crippen MR) is 71.0 cm³/mol. The Morgan fingerprint density at radius 2 is 1.67 bits per heavy atom. The van der Waals surface area contributed by atoms with Crippen LogP contribution in [0, 0.1) is 10.1 Å². The van der Waals surface area contributed by atoms with E-state index in [1.54, 1.807) is 0 Å². The molecule has 1 saturated carbocycles. The molecule has 2 atom stereocenters. The molecule has 2 fully saturated rings. The fraction of sp³-hybridized carbons (Fsp3) is 1.00. The van der Waals surface area contributed by atoms with Crippen molar-refractivity contribution in [2.75, 3.05) is 6.54 Å². The number of nitrogens with zero attached hydrogens (tertiary/aromatic N) is 1. The summed E-state index contributed by atoms with van der Waals surface area (Å²) in [4.78, 5) is 10.5. The monoisotopic (exact) mass is 255 g/mol. The number of rotatable bonds is 3. The second kappa shape index (κ2) is 7.04. The Bertz CT molecular complexity index is 257. The molecule has 0 aromatic heterocycles. The van der Waals surface area contributed by atoms with Crippen molar-refractivity contribution in [3.63, 3.8) is 0 Å². The molecule has 0 aromatic rings. The van der Waals surface area contributed by atoms with Crippen molar-refractivity contribution in [1.82, 2.24) is 10.6 Å². The van der Waals surface area contributed by atoms with E-state index in [9.17, 15) is 10.1 Å². The molecule has 0 spiro atoms. The number of nitrogens with one attached hydrogen (secondary N) is 2. The minimum absolute atomic E-state index is 0.154. The van der Waals surface area contributed by atoms with Gasteiger partial charge >= 0.3 is 0 Å². The zero-order valence-electron chi connectivity index (χ0n) is 11.1. The lowest BCUT2D eigenvalue weighted by Crippen LogP contribution is -2.54. The highest BCUT2D eigenvalue weighted by Crippen LogP contribution is 2.18. The zero-order chi connectivity index (χ0) is 12.8. The van der Waals surface area contributed by atoms with E-state index in [-0.39, 0.29) is 17.1 Å². The normalized spacial score (nSPS) is 31.6. The lowest BCUT2D eigenvalue weighted by atomic mass is 9.96. The number of hydrogen-bond donors (Lipinski definition) is 2. The van der Waals surface area contributed by atoms with E-state index in [1.165, 1.54) is 44.9 Å². The third kappa shape index (κ3) is 4.21. The van der Waals surface area contributed by atoms with Crippen LogP contribution in [0.3, 0.4) is 0 Å². The zero-order valence-corrected chi connectivity index (χ0v) is 11.1. The molecule has 0 aromatic carbocycles. The lowest BCUT2D eigenvalue weighted by molar-refractivity contribution is -0.523. The van der Waals surface area contributed by atoms with E-state index in [0.717, 1.165) is 6.42 Å². The standard InChI is InChI=1S/C13H25N3O2/c17-16(18)12-8-9-13(14-10-12)15-11-6-4-2-1-3-5-7-11/h11-15H,1-10H2. The van der Waals surface area contributed by atoms with Gasteiger partial charge in [0.15, 0.2) is 0 Å². The van der Waals surface area contributed by atoms with E-state index >= 15 is 0 Å². The van der Waals surface area contributed by atoms with Crippen LogP contribution >= 0.6 is 0 Å². The van der Waals surface area contributed by atoms with E-state index < -0.39 is 0 Å². The van der Waals surface area contributed by atoms with Gasteiger partial charge in [0.2, 0.25) is 6.04 Å². The fourth-order valence-corrected chi connectivity index (χ4v) is 3.07. The quantitative estimate of drug-likeness (QED) is 0.598. The summed E-state index contributed by atoms with van der Waals surface area (Å²) in [5.74, 6) is 0. The third-order valence-corrected chi connectivity index (χ3v) is 4.23. The largest absolute Gasteiger partial charge is 0.299 e. The summed E-state index contributed by atoms with van der Waals surface area (Å²) >= 11 is 0. The molecule has 1 aliphatic heterocycles. The Kier molecular flexibility index (Phi) is 5.38. The number of nitro groups is 1. The fourth-order valence-electron chi connectivity index (χ4n) is 3.07. The first-order chi connectivity index (χ1) is 8.75. The van der Waals surface area contributed by atoms with Gasteiger partial charge in [-0.15, -0.1) is 0 Å². The second-order valence-electron chi connectivity index (χ2n) is 5.69. The minimum atomic E-state index is -0.389. The maximum Gasteiger partial charge on any atom is 0.225 e. The minimum Gasteiger partial charge on any atom is -0.299 e. The molecular weight excluding hydrogens is 230 g/mol. The van der Waals surface area contributed by atoms with E-state index in [2.05, 4.69) is 10.6 Å². The van der Waals surface area contributed by atoms with Crippen LogP contribution in [-0.4, -0.2) is 29.7 Å². The van der Waals surface area contributed by atoms with Gasteiger partial charge < -0.3 is 0 Å². The lowest BCUT2D eigenvalue weighted by Gasteiger charge is -2.31. The summed E-state index contributed by atoms with van der Waals surface area (Å²) in [5, 5.41) is 17.6. The number of hydrogen-bond acceptors (Lipinski definition) is 4. The molecule has 5 nitrogen and oxygen atoms in total. The Labute approximate surface area is 109 Å². The van der Waals surface area contributed by atoms with Crippen LogP contribution in [0.2, 0.25) is 0 Å². The van der Waals surface area contributed by atoms with Crippen LogP contribution < -0.4 is 10.6 Å². The molecule has 18 heavy (non-hydrogen) atoms. The third-order valence-electron chi connectivity index (χ3n) is 4.23.